The van der Waals surface area contributed by atoms with Crippen LogP contribution < -0.4 is 4.74 Å². The van der Waals surface area contributed by atoms with E-state index in [0.717, 1.165) is 21.7 Å². The lowest BCUT2D eigenvalue weighted by molar-refractivity contribution is 0.0995. The van der Waals surface area contributed by atoms with Crippen molar-refractivity contribution in [2.45, 2.75) is 13.3 Å². The summed E-state index contributed by atoms with van der Waals surface area (Å²) in [5.74, 6) is 0.632. The van der Waals surface area contributed by atoms with Crippen LogP contribution in [0.1, 0.15) is 20.4 Å². The lowest BCUT2D eigenvalue weighted by Gasteiger charge is -2.10. The molecule has 27 heavy (non-hydrogen) atoms. The summed E-state index contributed by atoms with van der Waals surface area (Å²) in [5.41, 5.74) is 4.07. The highest BCUT2D eigenvalue weighted by molar-refractivity contribution is 7.13. The molecule has 0 aliphatic carbocycles. The van der Waals surface area contributed by atoms with Crippen molar-refractivity contribution >= 4 is 28.2 Å². The van der Waals surface area contributed by atoms with E-state index < -0.39 is 0 Å². The molecule has 5 nitrogen and oxygen atoms in total. The minimum absolute atomic E-state index is 0.00701. The predicted octanol–water partition coefficient (Wildman–Crippen LogP) is 4.50. The van der Waals surface area contributed by atoms with Crippen LogP contribution in [0.4, 0.5) is 0 Å². The number of carbonyl (C=O) groups excluding carboxylic acids is 1. The molecule has 0 aliphatic rings. The Hall–Kier alpha value is -3.12. The normalized spacial score (nSPS) is 10.9. The fourth-order valence-corrected chi connectivity index (χ4v) is 3.67. The van der Waals surface area contributed by atoms with Gasteiger partial charge < -0.3 is 4.74 Å². The number of rotatable bonds is 5. The van der Waals surface area contributed by atoms with Crippen molar-refractivity contribution in [2.75, 3.05) is 7.11 Å². The van der Waals surface area contributed by atoms with Gasteiger partial charge in [-0.05, 0) is 24.6 Å². The summed E-state index contributed by atoms with van der Waals surface area (Å²) in [6.07, 6.45) is 3.47. The maximum atomic E-state index is 12.5. The molecule has 134 valence electrons. The number of Topliss-reactive ketones (excluding diaryl/α,β-unsaturated/α-hetero) is 1. The Bertz CT molecular complexity index is 1120. The molecule has 0 atom stereocenters. The number of ketones is 1. The lowest BCUT2D eigenvalue weighted by atomic mass is 10.0. The molecule has 6 heteroatoms. The highest BCUT2D eigenvalue weighted by Crippen LogP contribution is 2.32. The predicted molar refractivity (Wildman–Crippen MR) is 106 cm³/mol. The molecule has 0 N–H and O–H groups in total. The van der Waals surface area contributed by atoms with Crippen LogP contribution in [0, 0.1) is 6.92 Å². The Morgan fingerprint density at radius 1 is 1.04 bits per heavy atom. The van der Waals surface area contributed by atoms with Crippen molar-refractivity contribution in [1.82, 2.24) is 15.0 Å². The van der Waals surface area contributed by atoms with Gasteiger partial charge in [0.2, 0.25) is 0 Å². The molecule has 0 unspecified atom stereocenters. The Morgan fingerprint density at radius 3 is 2.56 bits per heavy atom. The topological polar surface area (TPSA) is 65.0 Å². The van der Waals surface area contributed by atoms with Gasteiger partial charge >= 0.3 is 0 Å². The molecular weight excluding hydrogens is 358 g/mol. The smallest absolute Gasteiger partial charge is 0.180 e. The van der Waals surface area contributed by atoms with E-state index in [0.29, 0.717) is 21.8 Å². The molecule has 2 heterocycles. The van der Waals surface area contributed by atoms with E-state index in [2.05, 4.69) is 15.0 Å². The largest absolute Gasteiger partial charge is 0.494 e. The minimum atomic E-state index is -0.00701. The van der Waals surface area contributed by atoms with Gasteiger partial charge in [-0.3, -0.25) is 9.78 Å². The third kappa shape index (κ3) is 3.44. The number of nitrogens with zero attached hydrogens (tertiary/aromatic N) is 3. The zero-order valence-corrected chi connectivity index (χ0v) is 15.8. The molecule has 0 aliphatic heterocycles. The molecule has 2 aromatic heterocycles. The van der Waals surface area contributed by atoms with Gasteiger partial charge in [0.1, 0.15) is 16.8 Å². The van der Waals surface area contributed by atoms with E-state index >= 15 is 0 Å². The van der Waals surface area contributed by atoms with Gasteiger partial charge in [0, 0.05) is 18.0 Å². The maximum Gasteiger partial charge on any atom is 0.180 e. The van der Waals surface area contributed by atoms with Crippen LogP contribution in [0.5, 0.6) is 5.75 Å². The Balaban J connectivity index is 1.76. The third-order valence-electron chi connectivity index (χ3n) is 4.25. The van der Waals surface area contributed by atoms with Crippen molar-refractivity contribution in [3.8, 4) is 16.9 Å². The fraction of sp³-hybridized carbons (Fsp3) is 0.143. The van der Waals surface area contributed by atoms with E-state index in [1.54, 1.807) is 19.5 Å². The maximum absolute atomic E-state index is 12.5. The standard InChI is InChI=1S/C21H17N3O2S/c1-13-22-12-19(27-13)17(25)10-15-11-23-20-16(14-6-4-3-5-7-14)8-9-18(26-2)21(20)24-15/h3-9,11-12H,10H2,1-2H3. The number of hydrogen-bond donors (Lipinski definition) is 0. The zero-order valence-electron chi connectivity index (χ0n) is 15.0. The molecular formula is C21H17N3O2S. The molecule has 0 amide bonds. The van der Waals surface area contributed by atoms with Gasteiger partial charge in [-0.1, -0.05) is 30.3 Å². The van der Waals surface area contributed by atoms with E-state index in [1.165, 1.54) is 11.3 Å². The summed E-state index contributed by atoms with van der Waals surface area (Å²) in [7, 11) is 1.61. The second kappa shape index (κ2) is 7.25. The average Bonchev–Trinajstić information content (AvgIpc) is 3.14. The molecule has 0 bridgehead atoms. The van der Waals surface area contributed by atoms with E-state index in [9.17, 15) is 4.79 Å². The molecule has 4 rings (SSSR count). The molecule has 0 spiro atoms. The van der Waals surface area contributed by atoms with Gasteiger partial charge in [-0.25, -0.2) is 9.97 Å². The molecule has 0 saturated carbocycles. The summed E-state index contributed by atoms with van der Waals surface area (Å²) < 4.78 is 5.47. The monoisotopic (exact) mass is 375 g/mol. The lowest BCUT2D eigenvalue weighted by Crippen LogP contribution is -2.05. The van der Waals surface area contributed by atoms with Crippen molar-refractivity contribution < 1.29 is 9.53 Å². The van der Waals surface area contributed by atoms with Gasteiger partial charge in [-0.15, -0.1) is 11.3 Å². The number of ether oxygens (including phenoxy) is 1. The molecule has 4 aromatic rings. The molecule has 0 saturated heterocycles. The SMILES string of the molecule is COc1ccc(-c2ccccc2)c2ncc(CC(=O)c3cnc(C)s3)nc12. The number of aryl methyl sites for hydroxylation is 1. The summed E-state index contributed by atoms with van der Waals surface area (Å²) in [6, 6.07) is 13.9. The number of thiazole rings is 1. The Labute approximate surface area is 160 Å². The Morgan fingerprint density at radius 2 is 1.85 bits per heavy atom. The molecule has 2 aromatic carbocycles. The second-order valence-electron chi connectivity index (χ2n) is 6.08. The van der Waals surface area contributed by atoms with Crippen molar-refractivity contribution in [2.24, 2.45) is 0 Å². The first-order valence-corrected chi connectivity index (χ1v) is 9.31. The highest BCUT2D eigenvalue weighted by atomic mass is 32.1. The minimum Gasteiger partial charge on any atom is -0.494 e. The zero-order chi connectivity index (χ0) is 18.8. The van der Waals surface area contributed by atoms with E-state index in [-0.39, 0.29) is 12.2 Å². The quantitative estimate of drug-likeness (QED) is 0.481. The van der Waals surface area contributed by atoms with Gasteiger partial charge in [0.15, 0.2) is 5.78 Å². The number of methoxy groups -OCH3 is 1. The number of fused-ring (bicyclic) bond motifs is 1. The second-order valence-corrected chi connectivity index (χ2v) is 7.32. The summed E-state index contributed by atoms with van der Waals surface area (Å²) in [5, 5.41) is 0.872. The third-order valence-corrected chi connectivity index (χ3v) is 5.21. The number of aromatic nitrogens is 3. The van der Waals surface area contributed by atoms with Crippen LogP contribution in [-0.4, -0.2) is 27.8 Å². The average molecular weight is 375 g/mol. The van der Waals surface area contributed by atoms with Crippen LogP contribution in [0.2, 0.25) is 0 Å². The van der Waals surface area contributed by atoms with Crippen LogP contribution >= 0.6 is 11.3 Å². The number of benzene rings is 2. The summed E-state index contributed by atoms with van der Waals surface area (Å²) >= 11 is 1.39. The molecule has 0 fully saturated rings. The Kier molecular flexibility index (Phi) is 4.64. The first-order chi connectivity index (χ1) is 13.2. The van der Waals surface area contributed by atoms with E-state index in [4.69, 9.17) is 4.74 Å². The van der Waals surface area contributed by atoms with Gasteiger partial charge in [0.05, 0.1) is 29.1 Å². The summed E-state index contributed by atoms with van der Waals surface area (Å²) in [4.78, 5) is 26.6. The van der Waals surface area contributed by atoms with Crippen molar-refractivity contribution in [3.05, 3.63) is 70.4 Å². The van der Waals surface area contributed by atoms with E-state index in [1.807, 2.05) is 49.4 Å². The van der Waals surface area contributed by atoms with Crippen molar-refractivity contribution in [1.29, 1.82) is 0 Å². The van der Waals surface area contributed by atoms with Crippen molar-refractivity contribution in [3.63, 3.8) is 0 Å². The molecule has 0 radical (unpaired) electrons. The first kappa shape index (κ1) is 17.3. The first-order valence-electron chi connectivity index (χ1n) is 8.49. The van der Waals surface area contributed by atoms with Crippen LogP contribution in [0.3, 0.4) is 0 Å². The summed E-state index contributed by atoms with van der Waals surface area (Å²) in [6.45, 7) is 1.88. The number of hydrogen-bond acceptors (Lipinski definition) is 6. The number of carbonyl (C=O) groups is 1. The van der Waals surface area contributed by atoms with Crippen LogP contribution in [0.15, 0.2) is 54.9 Å². The van der Waals surface area contributed by atoms with Crippen LogP contribution in [0.25, 0.3) is 22.2 Å². The van der Waals surface area contributed by atoms with Gasteiger partial charge in [0.25, 0.3) is 0 Å². The van der Waals surface area contributed by atoms with Gasteiger partial charge in [-0.2, -0.15) is 0 Å². The van der Waals surface area contributed by atoms with Crippen LogP contribution in [-0.2, 0) is 6.42 Å². The highest BCUT2D eigenvalue weighted by Gasteiger charge is 2.15. The fourth-order valence-electron chi connectivity index (χ4n) is 2.95.